The summed E-state index contributed by atoms with van der Waals surface area (Å²) in [5.74, 6) is 0. The first kappa shape index (κ1) is 13.8. The van der Waals surface area contributed by atoms with E-state index >= 15 is 0 Å². The van der Waals surface area contributed by atoms with Gasteiger partial charge in [-0.25, -0.2) is 0 Å². The van der Waals surface area contributed by atoms with Crippen molar-refractivity contribution >= 4 is 0 Å². The molecule has 1 heterocycles. The Bertz CT molecular complexity index is 541. The van der Waals surface area contributed by atoms with Gasteiger partial charge in [0.05, 0.1) is 6.04 Å². The van der Waals surface area contributed by atoms with Crippen molar-refractivity contribution in [1.82, 2.24) is 10.3 Å². The number of hydrogen-bond acceptors (Lipinski definition) is 2. The molecule has 2 heteroatoms. The van der Waals surface area contributed by atoms with Gasteiger partial charge >= 0.3 is 0 Å². The van der Waals surface area contributed by atoms with Gasteiger partial charge in [-0.15, -0.1) is 0 Å². The number of hydrogen-bond donors (Lipinski definition) is 1. The van der Waals surface area contributed by atoms with E-state index in [0.717, 1.165) is 17.9 Å². The first-order valence-electron chi connectivity index (χ1n) is 6.85. The third-order valence-electron chi connectivity index (χ3n) is 3.22. The van der Waals surface area contributed by atoms with E-state index in [1.165, 1.54) is 16.7 Å². The Morgan fingerprint density at radius 1 is 1.00 bits per heavy atom. The molecule has 2 aromatic rings. The zero-order chi connectivity index (χ0) is 13.8. The minimum atomic E-state index is 0.241. The average Bonchev–Trinajstić information content (AvgIpc) is 2.34. The van der Waals surface area contributed by atoms with Gasteiger partial charge < -0.3 is 5.32 Å². The third kappa shape index (κ3) is 3.42. The van der Waals surface area contributed by atoms with Crippen LogP contribution in [0.25, 0.3) is 0 Å². The van der Waals surface area contributed by atoms with Gasteiger partial charge in [-0.05, 0) is 50.6 Å². The van der Waals surface area contributed by atoms with Gasteiger partial charge in [0.2, 0.25) is 0 Å². The summed E-state index contributed by atoms with van der Waals surface area (Å²) >= 11 is 0. The Labute approximate surface area is 115 Å². The minimum Gasteiger partial charge on any atom is -0.307 e. The topological polar surface area (TPSA) is 24.9 Å². The molecule has 0 fully saturated rings. The zero-order valence-electron chi connectivity index (χ0n) is 12.2. The van der Waals surface area contributed by atoms with E-state index in [9.17, 15) is 0 Å². The van der Waals surface area contributed by atoms with Crippen LogP contribution in [-0.2, 0) is 0 Å². The highest BCUT2D eigenvalue weighted by Gasteiger charge is 2.14. The smallest absolute Gasteiger partial charge is 0.0578 e. The molecule has 100 valence electrons. The monoisotopic (exact) mass is 254 g/mol. The molecule has 1 aromatic carbocycles. The van der Waals surface area contributed by atoms with Crippen molar-refractivity contribution in [3.05, 3.63) is 64.5 Å². The summed E-state index contributed by atoms with van der Waals surface area (Å²) in [5, 5.41) is 3.57. The van der Waals surface area contributed by atoms with Crippen LogP contribution in [0, 0.1) is 20.8 Å². The molecule has 1 aromatic heterocycles. The van der Waals surface area contributed by atoms with Gasteiger partial charge in [0, 0.05) is 11.4 Å². The maximum atomic E-state index is 4.46. The second-order valence-corrected chi connectivity index (χ2v) is 5.09. The van der Waals surface area contributed by atoms with Gasteiger partial charge in [0.15, 0.2) is 0 Å². The first-order valence-corrected chi connectivity index (χ1v) is 6.85. The number of aryl methyl sites for hydroxylation is 3. The Hall–Kier alpha value is -1.67. The zero-order valence-corrected chi connectivity index (χ0v) is 12.2. The predicted molar refractivity (Wildman–Crippen MR) is 80.4 cm³/mol. The molecule has 1 N–H and O–H groups in total. The van der Waals surface area contributed by atoms with Crippen LogP contribution in [0.2, 0.25) is 0 Å². The van der Waals surface area contributed by atoms with Crippen molar-refractivity contribution in [3.63, 3.8) is 0 Å². The molecular formula is C17H22N2. The lowest BCUT2D eigenvalue weighted by molar-refractivity contribution is 0.628. The van der Waals surface area contributed by atoms with Crippen LogP contribution in [-0.4, -0.2) is 11.5 Å². The van der Waals surface area contributed by atoms with Crippen LogP contribution in [0.1, 0.15) is 41.0 Å². The molecule has 0 radical (unpaired) electrons. The molecule has 0 aliphatic carbocycles. The molecular weight excluding hydrogens is 232 g/mol. The van der Waals surface area contributed by atoms with E-state index in [-0.39, 0.29) is 6.04 Å². The van der Waals surface area contributed by atoms with Gasteiger partial charge in [-0.1, -0.05) is 36.8 Å². The fourth-order valence-corrected chi connectivity index (χ4v) is 2.52. The summed E-state index contributed by atoms with van der Waals surface area (Å²) < 4.78 is 0. The highest BCUT2D eigenvalue weighted by Crippen LogP contribution is 2.23. The summed E-state index contributed by atoms with van der Waals surface area (Å²) in [6, 6.07) is 13.3. The number of rotatable bonds is 4. The van der Waals surface area contributed by atoms with Gasteiger partial charge in [0.25, 0.3) is 0 Å². The minimum absolute atomic E-state index is 0.241. The highest BCUT2D eigenvalue weighted by atomic mass is 14.9. The molecule has 0 spiro atoms. The van der Waals surface area contributed by atoms with E-state index in [1.807, 2.05) is 0 Å². The summed E-state index contributed by atoms with van der Waals surface area (Å²) in [7, 11) is 0. The lowest BCUT2D eigenvalue weighted by Crippen LogP contribution is -2.22. The van der Waals surface area contributed by atoms with E-state index in [2.05, 4.69) is 74.4 Å². The second kappa shape index (κ2) is 5.98. The van der Waals surface area contributed by atoms with Crippen molar-refractivity contribution in [2.75, 3.05) is 6.54 Å². The molecule has 0 aliphatic heterocycles. The molecule has 0 aliphatic rings. The van der Waals surface area contributed by atoms with Crippen LogP contribution in [0.3, 0.4) is 0 Å². The van der Waals surface area contributed by atoms with E-state index < -0.39 is 0 Å². The van der Waals surface area contributed by atoms with Gasteiger partial charge in [0.1, 0.15) is 0 Å². The van der Waals surface area contributed by atoms with Crippen LogP contribution < -0.4 is 5.32 Å². The number of pyridine rings is 1. The van der Waals surface area contributed by atoms with Crippen LogP contribution in [0.5, 0.6) is 0 Å². The van der Waals surface area contributed by atoms with Crippen molar-refractivity contribution in [2.45, 2.75) is 33.7 Å². The fourth-order valence-electron chi connectivity index (χ4n) is 2.52. The molecule has 0 saturated carbocycles. The summed E-state index contributed by atoms with van der Waals surface area (Å²) in [6.45, 7) is 9.32. The molecule has 1 unspecified atom stereocenters. The van der Waals surface area contributed by atoms with E-state index in [0.29, 0.717) is 0 Å². The van der Waals surface area contributed by atoms with Gasteiger partial charge in [-0.2, -0.15) is 0 Å². The molecule has 1 atom stereocenters. The van der Waals surface area contributed by atoms with Crippen molar-refractivity contribution in [2.24, 2.45) is 0 Å². The SMILES string of the molecule is CCNC(c1cccc(C)c1)c1cc(C)nc(C)c1. The van der Waals surface area contributed by atoms with Crippen LogP contribution >= 0.6 is 0 Å². The maximum Gasteiger partial charge on any atom is 0.0578 e. The number of nitrogens with one attached hydrogen (secondary N) is 1. The normalized spacial score (nSPS) is 12.4. The maximum absolute atomic E-state index is 4.46. The van der Waals surface area contributed by atoms with Crippen molar-refractivity contribution < 1.29 is 0 Å². The Morgan fingerprint density at radius 3 is 2.26 bits per heavy atom. The standard InChI is InChI=1S/C17H22N2/c1-5-18-17(15-8-6-7-12(2)9-15)16-10-13(3)19-14(4)11-16/h6-11,17-18H,5H2,1-4H3. The summed E-state index contributed by atoms with van der Waals surface area (Å²) in [6.07, 6.45) is 0. The average molecular weight is 254 g/mol. The Morgan fingerprint density at radius 2 is 1.68 bits per heavy atom. The predicted octanol–water partition coefficient (Wildman–Crippen LogP) is 3.71. The lowest BCUT2D eigenvalue weighted by Gasteiger charge is -2.20. The number of nitrogens with zero attached hydrogens (tertiary/aromatic N) is 1. The Kier molecular flexibility index (Phi) is 4.33. The van der Waals surface area contributed by atoms with Gasteiger partial charge in [-0.3, -0.25) is 4.98 Å². The quantitative estimate of drug-likeness (QED) is 0.899. The largest absolute Gasteiger partial charge is 0.307 e. The molecule has 2 rings (SSSR count). The number of aromatic nitrogens is 1. The molecule has 0 saturated heterocycles. The van der Waals surface area contributed by atoms with E-state index in [4.69, 9.17) is 0 Å². The molecule has 0 amide bonds. The molecule has 0 bridgehead atoms. The number of benzene rings is 1. The molecule has 19 heavy (non-hydrogen) atoms. The van der Waals surface area contributed by atoms with Crippen molar-refractivity contribution in [1.29, 1.82) is 0 Å². The van der Waals surface area contributed by atoms with Crippen molar-refractivity contribution in [3.8, 4) is 0 Å². The lowest BCUT2D eigenvalue weighted by atomic mass is 9.97. The summed E-state index contributed by atoms with van der Waals surface area (Å²) in [5.41, 5.74) is 6.04. The Balaban J connectivity index is 2.44. The molecule has 2 nitrogen and oxygen atoms in total. The second-order valence-electron chi connectivity index (χ2n) is 5.09. The van der Waals surface area contributed by atoms with Crippen LogP contribution in [0.15, 0.2) is 36.4 Å². The third-order valence-corrected chi connectivity index (χ3v) is 3.22. The van der Waals surface area contributed by atoms with Crippen LogP contribution in [0.4, 0.5) is 0 Å². The van der Waals surface area contributed by atoms with E-state index in [1.54, 1.807) is 0 Å². The fraction of sp³-hybridized carbons (Fsp3) is 0.353. The first-order chi connectivity index (χ1) is 9.10. The highest BCUT2D eigenvalue weighted by molar-refractivity contribution is 5.35. The summed E-state index contributed by atoms with van der Waals surface area (Å²) in [4.78, 5) is 4.46.